The first kappa shape index (κ1) is 31.8. The molecule has 1 aliphatic carbocycles. The molecule has 1 saturated carbocycles. The highest BCUT2D eigenvalue weighted by molar-refractivity contribution is 7.92. The van der Waals surface area contributed by atoms with E-state index in [4.69, 9.17) is 9.47 Å². The van der Waals surface area contributed by atoms with E-state index in [-0.39, 0.29) is 41.9 Å². The number of hydrogen-bond donors (Lipinski definition) is 1. The Labute approximate surface area is 252 Å². The number of amides is 2. The van der Waals surface area contributed by atoms with Crippen molar-refractivity contribution in [3.05, 3.63) is 89.7 Å². The number of carbonyl (C=O) groups excluding carboxylic acids is 2. The number of carbonyl (C=O) groups is 2. The second-order valence-corrected chi connectivity index (χ2v) is 12.5. The molecule has 4 rings (SSSR count). The number of halogens is 1. The maximum atomic E-state index is 15.0. The first-order chi connectivity index (χ1) is 20.6. The van der Waals surface area contributed by atoms with Gasteiger partial charge >= 0.3 is 0 Å². The summed E-state index contributed by atoms with van der Waals surface area (Å²) in [6.07, 6.45) is 4.80. The van der Waals surface area contributed by atoms with Crippen LogP contribution in [0.3, 0.4) is 0 Å². The van der Waals surface area contributed by atoms with Gasteiger partial charge in [-0.15, -0.1) is 0 Å². The van der Waals surface area contributed by atoms with Gasteiger partial charge in [0.25, 0.3) is 0 Å². The Morgan fingerprint density at radius 2 is 1.65 bits per heavy atom. The summed E-state index contributed by atoms with van der Waals surface area (Å²) in [5.74, 6) is -1.02. The van der Waals surface area contributed by atoms with Crippen molar-refractivity contribution in [2.45, 2.75) is 50.7 Å². The van der Waals surface area contributed by atoms with Crippen molar-refractivity contribution >= 4 is 27.5 Å². The van der Waals surface area contributed by atoms with E-state index < -0.39 is 34.3 Å². The highest BCUT2D eigenvalue weighted by Crippen LogP contribution is 2.34. The number of anilines is 1. The molecule has 3 aromatic rings. The van der Waals surface area contributed by atoms with E-state index in [2.05, 4.69) is 5.32 Å². The standard InChI is InChI=1S/C32H38FN3O6S/c1-41-26-17-18-30(42-2)28(20-26)36(43(3,39)40)22-31(37)35(21-24-13-7-10-16-27(24)33)29(19-23-11-5-4-6-12-23)32(38)34-25-14-8-9-15-25/h4-7,10-13,16-18,20,25,29H,8-9,14-15,19,21-22H2,1-3H3,(H,34,38)/t29-/m0/s1. The maximum absolute atomic E-state index is 15.0. The Morgan fingerprint density at radius 1 is 0.977 bits per heavy atom. The van der Waals surface area contributed by atoms with Gasteiger partial charge < -0.3 is 19.7 Å². The second kappa shape index (κ2) is 14.4. The van der Waals surface area contributed by atoms with Crippen LogP contribution in [0.1, 0.15) is 36.8 Å². The third-order valence-electron chi connectivity index (χ3n) is 7.61. The van der Waals surface area contributed by atoms with Crippen LogP contribution in [0, 0.1) is 5.82 Å². The first-order valence-electron chi connectivity index (χ1n) is 14.2. The summed E-state index contributed by atoms with van der Waals surface area (Å²) in [6, 6.07) is 18.8. The van der Waals surface area contributed by atoms with E-state index in [1.165, 1.54) is 31.3 Å². The van der Waals surface area contributed by atoms with Gasteiger partial charge in [-0.1, -0.05) is 61.4 Å². The van der Waals surface area contributed by atoms with E-state index in [1.54, 1.807) is 30.3 Å². The summed E-state index contributed by atoms with van der Waals surface area (Å²) in [5, 5.41) is 3.09. The van der Waals surface area contributed by atoms with Crippen LogP contribution in [0.25, 0.3) is 0 Å². The molecule has 1 aliphatic rings. The number of rotatable bonds is 13. The minimum atomic E-state index is -4.03. The quantitative estimate of drug-likeness (QED) is 0.309. The van der Waals surface area contributed by atoms with Crippen LogP contribution in [-0.4, -0.2) is 64.2 Å². The van der Waals surface area contributed by atoms with Gasteiger partial charge in [-0.2, -0.15) is 0 Å². The molecule has 0 spiro atoms. The molecule has 0 heterocycles. The smallest absolute Gasteiger partial charge is 0.244 e. The number of methoxy groups -OCH3 is 2. The SMILES string of the molecule is COc1ccc(OC)c(N(CC(=O)N(Cc2ccccc2F)[C@@H](Cc2ccccc2)C(=O)NC2CCCC2)S(C)(=O)=O)c1. The lowest BCUT2D eigenvalue weighted by atomic mass is 10.0. The van der Waals surface area contributed by atoms with Crippen molar-refractivity contribution in [1.29, 1.82) is 0 Å². The van der Waals surface area contributed by atoms with Crippen molar-refractivity contribution in [3.8, 4) is 11.5 Å². The van der Waals surface area contributed by atoms with E-state index in [1.807, 2.05) is 30.3 Å². The Bertz CT molecular complexity index is 1510. The normalized spacial score (nSPS) is 14.1. The number of hydrogen-bond acceptors (Lipinski definition) is 6. The Kier molecular flexibility index (Phi) is 10.6. The molecule has 2 amide bonds. The molecule has 1 atom stereocenters. The Balaban J connectivity index is 1.77. The number of nitrogens with zero attached hydrogens (tertiary/aromatic N) is 2. The molecule has 3 aromatic carbocycles. The average molecular weight is 612 g/mol. The molecule has 230 valence electrons. The summed E-state index contributed by atoms with van der Waals surface area (Å²) in [4.78, 5) is 29.4. The maximum Gasteiger partial charge on any atom is 0.244 e. The molecule has 43 heavy (non-hydrogen) atoms. The molecular formula is C32H38FN3O6S. The zero-order valence-corrected chi connectivity index (χ0v) is 25.5. The lowest BCUT2D eigenvalue weighted by Crippen LogP contribution is -2.54. The van der Waals surface area contributed by atoms with E-state index in [0.717, 1.165) is 41.8 Å². The molecule has 1 fully saturated rings. The molecule has 0 aliphatic heterocycles. The lowest BCUT2D eigenvalue weighted by Gasteiger charge is -2.34. The third kappa shape index (κ3) is 8.25. The fourth-order valence-electron chi connectivity index (χ4n) is 5.32. The monoisotopic (exact) mass is 611 g/mol. The van der Waals surface area contributed by atoms with Gasteiger partial charge in [-0.25, -0.2) is 12.8 Å². The van der Waals surface area contributed by atoms with E-state index in [0.29, 0.717) is 5.75 Å². The number of ether oxygens (including phenoxy) is 2. The summed E-state index contributed by atoms with van der Waals surface area (Å²) in [7, 11) is -1.20. The van der Waals surface area contributed by atoms with Gasteiger partial charge in [-0.3, -0.25) is 13.9 Å². The van der Waals surface area contributed by atoms with Crippen molar-refractivity contribution in [1.82, 2.24) is 10.2 Å². The molecule has 9 nitrogen and oxygen atoms in total. The minimum absolute atomic E-state index is 0.0234. The highest BCUT2D eigenvalue weighted by Gasteiger charge is 2.35. The topological polar surface area (TPSA) is 105 Å². The fourth-order valence-corrected chi connectivity index (χ4v) is 6.16. The molecule has 0 saturated heterocycles. The average Bonchev–Trinajstić information content (AvgIpc) is 3.51. The van der Waals surface area contributed by atoms with Crippen LogP contribution < -0.4 is 19.1 Å². The van der Waals surface area contributed by atoms with Crippen molar-refractivity contribution in [3.63, 3.8) is 0 Å². The lowest BCUT2D eigenvalue weighted by molar-refractivity contribution is -0.140. The van der Waals surface area contributed by atoms with Crippen molar-refractivity contribution < 1.29 is 31.9 Å². The molecule has 0 bridgehead atoms. The summed E-state index contributed by atoms with van der Waals surface area (Å²) in [5.41, 5.74) is 1.10. The van der Waals surface area contributed by atoms with Crippen LogP contribution in [-0.2, 0) is 32.6 Å². The third-order valence-corrected chi connectivity index (χ3v) is 8.73. The van der Waals surface area contributed by atoms with Gasteiger partial charge in [0, 0.05) is 30.6 Å². The zero-order valence-electron chi connectivity index (χ0n) is 24.7. The van der Waals surface area contributed by atoms with Crippen LogP contribution in [0.2, 0.25) is 0 Å². The van der Waals surface area contributed by atoms with E-state index >= 15 is 0 Å². The van der Waals surface area contributed by atoms with Gasteiger partial charge in [0.1, 0.15) is 29.9 Å². The Hall–Kier alpha value is -4.12. The molecule has 0 unspecified atom stereocenters. The molecule has 0 aromatic heterocycles. The van der Waals surface area contributed by atoms with Gasteiger partial charge in [0.05, 0.1) is 26.2 Å². The summed E-state index contributed by atoms with van der Waals surface area (Å²) < 4.78 is 52.8. The molecule has 11 heteroatoms. The first-order valence-corrected chi connectivity index (χ1v) is 16.0. The number of benzene rings is 3. The largest absolute Gasteiger partial charge is 0.497 e. The highest BCUT2D eigenvalue weighted by atomic mass is 32.2. The second-order valence-electron chi connectivity index (χ2n) is 10.6. The Morgan fingerprint density at radius 3 is 2.28 bits per heavy atom. The van der Waals surface area contributed by atoms with Gasteiger partial charge in [0.15, 0.2) is 0 Å². The summed E-state index contributed by atoms with van der Waals surface area (Å²) in [6.45, 7) is -0.896. The van der Waals surface area contributed by atoms with Crippen LogP contribution in [0.15, 0.2) is 72.8 Å². The van der Waals surface area contributed by atoms with Gasteiger partial charge in [-0.05, 0) is 36.6 Å². The predicted molar refractivity (Wildman–Crippen MR) is 163 cm³/mol. The van der Waals surface area contributed by atoms with Crippen molar-refractivity contribution in [2.75, 3.05) is 31.3 Å². The molecular weight excluding hydrogens is 573 g/mol. The van der Waals surface area contributed by atoms with Crippen molar-refractivity contribution in [2.24, 2.45) is 0 Å². The van der Waals surface area contributed by atoms with Gasteiger partial charge in [0.2, 0.25) is 21.8 Å². The molecule has 1 N–H and O–H groups in total. The van der Waals surface area contributed by atoms with E-state index in [9.17, 15) is 22.4 Å². The summed E-state index contributed by atoms with van der Waals surface area (Å²) >= 11 is 0. The van der Waals surface area contributed by atoms with Crippen LogP contribution >= 0.6 is 0 Å². The zero-order chi connectivity index (χ0) is 31.0. The number of sulfonamides is 1. The number of nitrogens with one attached hydrogen (secondary N) is 1. The van der Waals surface area contributed by atoms with Crippen LogP contribution in [0.4, 0.5) is 10.1 Å². The van der Waals surface area contributed by atoms with Crippen LogP contribution in [0.5, 0.6) is 11.5 Å². The molecule has 0 radical (unpaired) electrons. The predicted octanol–water partition coefficient (Wildman–Crippen LogP) is 4.31. The fraction of sp³-hybridized carbons (Fsp3) is 0.375. The minimum Gasteiger partial charge on any atom is -0.497 e.